The monoisotopic (exact) mass is 606 g/mol. The van der Waals surface area contributed by atoms with E-state index in [0.717, 1.165) is 0 Å². The van der Waals surface area contributed by atoms with Crippen LogP contribution >= 0.6 is 0 Å². The summed E-state index contributed by atoms with van der Waals surface area (Å²) in [5, 5.41) is 9.81. The van der Waals surface area contributed by atoms with Crippen molar-refractivity contribution in [2.45, 2.75) is 83.5 Å². The Balaban J connectivity index is 2.01. The van der Waals surface area contributed by atoms with Gasteiger partial charge in [0.15, 0.2) is 5.75 Å². The molecule has 232 valence electrons. The van der Waals surface area contributed by atoms with Crippen molar-refractivity contribution in [2.24, 2.45) is 0 Å². The van der Waals surface area contributed by atoms with Gasteiger partial charge < -0.3 is 24.4 Å². The maximum absolute atomic E-state index is 13.6. The molecule has 3 atom stereocenters. The molecule has 15 heteroatoms. The number of ether oxygens (including phenoxy) is 2. The predicted octanol–water partition coefficient (Wildman–Crippen LogP) is 6.16. The standard InChI is InChI=1S/C27H32F6N4O5/c1-4-20-11-22(12-21(5-2)37(20)25(39)40)36(24-34-13-23(14-35-24)42-7-6-41-16(3)38)15-17-8-18(26(28,29)30)10-19(9-17)27(31,32)33/h8-10,13-14,20-22H,4-7,11-12,15H2,1-3H3,(H,39,40)/t20-,21+,22?. The fourth-order valence-electron chi connectivity index (χ4n) is 5.09. The number of hydrogen-bond acceptors (Lipinski definition) is 7. The molecule has 0 bridgehead atoms. The van der Waals surface area contributed by atoms with Crippen LogP contribution in [-0.2, 0) is 28.4 Å². The predicted molar refractivity (Wildman–Crippen MR) is 138 cm³/mol. The van der Waals surface area contributed by atoms with E-state index in [-0.39, 0.29) is 49.4 Å². The van der Waals surface area contributed by atoms with Crippen molar-refractivity contribution in [3.8, 4) is 5.75 Å². The number of nitrogens with zero attached hydrogens (tertiary/aromatic N) is 4. The van der Waals surface area contributed by atoms with Crippen molar-refractivity contribution in [1.29, 1.82) is 0 Å². The van der Waals surface area contributed by atoms with Crippen molar-refractivity contribution in [3.63, 3.8) is 0 Å². The summed E-state index contributed by atoms with van der Waals surface area (Å²) < 4.78 is 91.6. The number of halogens is 6. The summed E-state index contributed by atoms with van der Waals surface area (Å²) >= 11 is 0. The fraction of sp³-hybridized carbons (Fsp3) is 0.556. The average molecular weight is 607 g/mol. The number of piperidine rings is 1. The number of aromatic nitrogens is 2. The van der Waals surface area contributed by atoms with Crippen molar-refractivity contribution < 1.29 is 50.5 Å². The van der Waals surface area contributed by atoms with Gasteiger partial charge in [-0.15, -0.1) is 0 Å². The lowest BCUT2D eigenvalue weighted by molar-refractivity contribution is -0.143. The van der Waals surface area contributed by atoms with E-state index in [1.165, 1.54) is 29.1 Å². The molecule has 1 amide bonds. The van der Waals surface area contributed by atoms with Gasteiger partial charge in [-0.25, -0.2) is 14.8 Å². The molecule has 1 saturated heterocycles. The molecular formula is C27H32F6N4O5. The summed E-state index contributed by atoms with van der Waals surface area (Å²) in [5.74, 6) is -0.275. The first-order valence-electron chi connectivity index (χ1n) is 13.3. The van der Waals surface area contributed by atoms with Crippen LogP contribution in [0.1, 0.15) is 63.1 Å². The summed E-state index contributed by atoms with van der Waals surface area (Å²) in [7, 11) is 0. The third-order valence-electron chi connectivity index (χ3n) is 7.01. The molecular weight excluding hydrogens is 574 g/mol. The number of hydrogen-bond donors (Lipinski definition) is 1. The number of benzene rings is 1. The van der Waals surface area contributed by atoms with E-state index < -0.39 is 60.2 Å². The number of rotatable bonds is 10. The van der Waals surface area contributed by atoms with Gasteiger partial charge in [-0.3, -0.25) is 4.79 Å². The highest BCUT2D eigenvalue weighted by Gasteiger charge is 2.41. The number of carbonyl (C=O) groups is 2. The van der Waals surface area contributed by atoms with Crippen molar-refractivity contribution in [3.05, 3.63) is 47.3 Å². The second-order valence-corrected chi connectivity index (χ2v) is 9.89. The summed E-state index contributed by atoms with van der Waals surface area (Å²) in [6.07, 6.45) is -7.14. The van der Waals surface area contributed by atoms with Crippen LogP contribution in [0.15, 0.2) is 30.6 Å². The molecule has 0 spiro atoms. The van der Waals surface area contributed by atoms with E-state index in [4.69, 9.17) is 9.47 Å². The number of carboxylic acid groups (broad SMARTS) is 1. The van der Waals surface area contributed by atoms with E-state index in [2.05, 4.69) is 9.97 Å². The molecule has 42 heavy (non-hydrogen) atoms. The molecule has 3 rings (SSSR count). The van der Waals surface area contributed by atoms with Crippen LogP contribution < -0.4 is 9.64 Å². The van der Waals surface area contributed by atoms with Crippen LogP contribution in [0.4, 0.5) is 37.1 Å². The van der Waals surface area contributed by atoms with Gasteiger partial charge in [0.05, 0.1) is 23.5 Å². The molecule has 1 N–H and O–H groups in total. The minimum Gasteiger partial charge on any atom is -0.487 e. The largest absolute Gasteiger partial charge is 0.487 e. The Morgan fingerprint density at radius 2 is 1.48 bits per heavy atom. The van der Waals surface area contributed by atoms with E-state index in [9.17, 15) is 41.0 Å². The summed E-state index contributed by atoms with van der Waals surface area (Å²) in [6, 6.07) is 0.00772. The molecule has 9 nitrogen and oxygen atoms in total. The van der Waals surface area contributed by atoms with Gasteiger partial charge in [-0.05, 0) is 49.4 Å². The highest BCUT2D eigenvalue weighted by molar-refractivity contribution is 5.66. The summed E-state index contributed by atoms with van der Waals surface area (Å²) in [4.78, 5) is 34.3. The minimum atomic E-state index is -5.02. The number of likely N-dealkylation sites (tertiary alicyclic amines) is 1. The Morgan fingerprint density at radius 3 is 1.90 bits per heavy atom. The number of alkyl halides is 6. The van der Waals surface area contributed by atoms with Crippen LogP contribution in [0.2, 0.25) is 0 Å². The third kappa shape index (κ3) is 8.38. The van der Waals surface area contributed by atoms with Gasteiger partial charge in [0, 0.05) is 31.6 Å². The van der Waals surface area contributed by atoms with Crippen LogP contribution in [0.25, 0.3) is 0 Å². The Hall–Kier alpha value is -3.78. The molecule has 2 heterocycles. The number of esters is 1. The van der Waals surface area contributed by atoms with Gasteiger partial charge in [-0.1, -0.05) is 13.8 Å². The van der Waals surface area contributed by atoms with Crippen LogP contribution in [-0.4, -0.2) is 63.4 Å². The van der Waals surface area contributed by atoms with Gasteiger partial charge >= 0.3 is 24.4 Å². The lowest BCUT2D eigenvalue weighted by atomic mass is 9.87. The second-order valence-electron chi connectivity index (χ2n) is 9.89. The highest BCUT2D eigenvalue weighted by Crippen LogP contribution is 2.38. The first-order valence-corrected chi connectivity index (χ1v) is 13.3. The van der Waals surface area contributed by atoms with Gasteiger partial charge in [-0.2, -0.15) is 26.3 Å². The molecule has 1 aromatic carbocycles. The quantitative estimate of drug-likeness (QED) is 0.195. The zero-order chi connectivity index (χ0) is 31.2. The van der Waals surface area contributed by atoms with E-state index in [1.54, 1.807) is 13.8 Å². The average Bonchev–Trinajstić information content (AvgIpc) is 2.92. The maximum Gasteiger partial charge on any atom is 0.416 e. The number of carbonyl (C=O) groups excluding carboxylic acids is 1. The van der Waals surface area contributed by atoms with Crippen LogP contribution in [0.3, 0.4) is 0 Å². The maximum atomic E-state index is 13.6. The summed E-state index contributed by atoms with van der Waals surface area (Å²) in [5.41, 5.74) is -3.14. The second kappa shape index (κ2) is 13.5. The van der Waals surface area contributed by atoms with Gasteiger partial charge in [0.1, 0.15) is 13.2 Å². The molecule has 1 unspecified atom stereocenters. The third-order valence-corrected chi connectivity index (χ3v) is 7.01. The lowest BCUT2D eigenvalue weighted by Gasteiger charge is -2.46. The molecule has 2 aromatic rings. The zero-order valence-electron chi connectivity index (χ0n) is 23.2. The molecule has 0 aliphatic carbocycles. The van der Waals surface area contributed by atoms with E-state index in [0.29, 0.717) is 25.0 Å². The van der Waals surface area contributed by atoms with Crippen LogP contribution in [0.5, 0.6) is 5.75 Å². The van der Waals surface area contributed by atoms with Crippen LogP contribution in [0, 0.1) is 0 Å². The van der Waals surface area contributed by atoms with Gasteiger partial charge in [0.2, 0.25) is 5.95 Å². The molecule has 1 aliphatic rings. The zero-order valence-corrected chi connectivity index (χ0v) is 23.2. The Kier molecular flexibility index (Phi) is 10.5. The normalized spacial score (nSPS) is 19.4. The summed E-state index contributed by atoms with van der Waals surface area (Å²) in [6.45, 7) is 4.42. The Morgan fingerprint density at radius 1 is 0.952 bits per heavy atom. The molecule has 0 radical (unpaired) electrons. The SMILES string of the molecule is CC[C@@H]1CC(N(Cc2cc(C(F)(F)F)cc(C(F)(F)F)c2)c2ncc(OCCOC(C)=O)cn2)C[C@H](CC)N1C(=O)O. The lowest BCUT2D eigenvalue weighted by Crippen LogP contribution is -2.56. The Bertz CT molecular complexity index is 1180. The molecule has 0 saturated carbocycles. The van der Waals surface area contributed by atoms with E-state index in [1.807, 2.05) is 0 Å². The van der Waals surface area contributed by atoms with Crippen molar-refractivity contribution >= 4 is 18.0 Å². The number of amides is 1. The molecule has 1 aliphatic heterocycles. The fourth-order valence-corrected chi connectivity index (χ4v) is 5.09. The first-order chi connectivity index (χ1) is 19.6. The molecule has 1 fully saturated rings. The van der Waals surface area contributed by atoms with Gasteiger partial charge in [0.25, 0.3) is 0 Å². The van der Waals surface area contributed by atoms with Crippen molar-refractivity contribution in [2.75, 3.05) is 18.1 Å². The highest BCUT2D eigenvalue weighted by atomic mass is 19.4. The topological polar surface area (TPSA) is 105 Å². The number of anilines is 1. The molecule has 1 aromatic heterocycles. The first kappa shape index (κ1) is 32.7. The minimum absolute atomic E-state index is 0.000459. The van der Waals surface area contributed by atoms with E-state index >= 15 is 0 Å². The Labute approximate surface area is 238 Å². The smallest absolute Gasteiger partial charge is 0.416 e. The van der Waals surface area contributed by atoms with Crippen molar-refractivity contribution in [1.82, 2.24) is 14.9 Å².